The van der Waals surface area contributed by atoms with Crippen molar-refractivity contribution in [1.82, 2.24) is 0 Å². The summed E-state index contributed by atoms with van der Waals surface area (Å²) in [6, 6.07) is 0. The zero-order valence-corrected chi connectivity index (χ0v) is 9.64. The fourth-order valence-corrected chi connectivity index (χ4v) is 3.09. The van der Waals surface area contributed by atoms with Crippen molar-refractivity contribution in [2.24, 2.45) is 23.7 Å². The molecule has 1 saturated carbocycles. The van der Waals surface area contributed by atoms with Crippen molar-refractivity contribution in [2.75, 3.05) is 0 Å². The van der Waals surface area contributed by atoms with Crippen molar-refractivity contribution < 1.29 is 0 Å². The van der Waals surface area contributed by atoms with Gasteiger partial charge in [-0.25, -0.2) is 0 Å². The molecule has 0 nitrogen and oxygen atoms in total. The second-order valence-electron chi connectivity index (χ2n) is 4.95. The predicted octanol–water partition coefficient (Wildman–Crippen LogP) is 3.62. The standard InChI is InChI=1S/C11H22S/c1-7(2)9-5-10(8(3)4)11(12)6-9/h7-12H,5-6H2,1-4H3. The zero-order valence-electron chi connectivity index (χ0n) is 8.75. The Bertz CT molecular complexity index is 140. The lowest BCUT2D eigenvalue weighted by Gasteiger charge is -2.18. The maximum Gasteiger partial charge on any atom is 0.00503 e. The van der Waals surface area contributed by atoms with E-state index in [9.17, 15) is 0 Å². The fourth-order valence-electron chi connectivity index (χ4n) is 2.35. The van der Waals surface area contributed by atoms with Crippen molar-refractivity contribution in [1.29, 1.82) is 0 Å². The van der Waals surface area contributed by atoms with Gasteiger partial charge in [-0.3, -0.25) is 0 Å². The summed E-state index contributed by atoms with van der Waals surface area (Å²) in [6.45, 7) is 9.34. The Morgan fingerprint density at radius 3 is 1.83 bits per heavy atom. The first kappa shape index (κ1) is 10.4. The van der Waals surface area contributed by atoms with Crippen LogP contribution in [-0.2, 0) is 0 Å². The molecule has 0 bridgehead atoms. The molecular weight excluding hydrogens is 164 g/mol. The van der Waals surface area contributed by atoms with E-state index in [1.54, 1.807) is 0 Å². The van der Waals surface area contributed by atoms with Crippen LogP contribution in [0, 0.1) is 23.7 Å². The van der Waals surface area contributed by atoms with Gasteiger partial charge in [0.25, 0.3) is 0 Å². The molecule has 0 radical (unpaired) electrons. The maximum atomic E-state index is 4.68. The van der Waals surface area contributed by atoms with Crippen LogP contribution in [0.5, 0.6) is 0 Å². The van der Waals surface area contributed by atoms with Gasteiger partial charge in [-0.15, -0.1) is 0 Å². The van der Waals surface area contributed by atoms with Gasteiger partial charge in [0, 0.05) is 5.25 Å². The minimum absolute atomic E-state index is 0.664. The first-order valence-electron chi connectivity index (χ1n) is 5.20. The van der Waals surface area contributed by atoms with E-state index in [0.717, 1.165) is 23.7 Å². The quantitative estimate of drug-likeness (QED) is 0.626. The van der Waals surface area contributed by atoms with Gasteiger partial charge in [0.05, 0.1) is 0 Å². The van der Waals surface area contributed by atoms with Crippen molar-refractivity contribution in [3.05, 3.63) is 0 Å². The molecule has 0 heterocycles. The van der Waals surface area contributed by atoms with E-state index < -0.39 is 0 Å². The highest BCUT2D eigenvalue weighted by atomic mass is 32.1. The molecule has 0 aliphatic heterocycles. The van der Waals surface area contributed by atoms with Crippen LogP contribution in [0.4, 0.5) is 0 Å². The maximum absolute atomic E-state index is 4.68. The average Bonchev–Trinajstić information content (AvgIpc) is 2.30. The van der Waals surface area contributed by atoms with Crippen LogP contribution >= 0.6 is 12.6 Å². The van der Waals surface area contributed by atoms with Crippen LogP contribution in [0.1, 0.15) is 40.5 Å². The molecule has 3 unspecified atom stereocenters. The summed E-state index contributed by atoms with van der Waals surface area (Å²) >= 11 is 4.68. The summed E-state index contributed by atoms with van der Waals surface area (Å²) in [5, 5.41) is 0.664. The average molecular weight is 186 g/mol. The summed E-state index contributed by atoms with van der Waals surface area (Å²) in [7, 11) is 0. The predicted molar refractivity (Wildman–Crippen MR) is 58.7 cm³/mol. The molecule has 1 aliphatic carbocycles. The van der Waals surface area contributed by atoms with Gasteiger partial charge < -0.3 is 0 Å². The molecule has 0 spiro atoms. The molecule has 0 amide bonds. The van der Waals surface area contributed by atoms with Crippen LogP contribution in [0.25, 0.3) is 0 Å². The molecule has 0 N–H and O–H groups in total. The Morgan fingerprint density at radius 1 is 1.00 bits per heavy atom. The second kappa shape index (κ2) is 4.04. The Morgan fingerprint density at radius 2 is 1.58 bits per heavy atom. The number of hydrogen-bond acceptors (Lipinski definition) is 1. The molecular formula is C11H22S. The van der Waals surface area contributed by atoms with E-state index >= 15 is 0 Å². The second-order valence-corrected chi connectivity index (χ2v) is 5.61. The largest absolute Gasteiger partial charge is 0.176 e. The first-order valence-corrected chi connectivity index (χ1v) is 5.72. The highest BCUT2D eigenvalue weighted by molar-refractivity contribution is 7.81. The van der Waals surface area contributed by atoms with E-state index in [1.165, 1.54) is 12.8 Å². The molecule has 72 valence electrons. The van der Waals surface area contributed by atoms with Crippen LogP contribution in [0.3, 0.4) is 0 Å². The number of rotatable bonds is 2. The minimum Gasteiger partial charge on any atom is -0.176 e. The van der Waals surface area contributed by atoms with Crippen LogP contribution in [0.15, 0.2) is 0 Å². The lowest BCUT2D eigenvalue weighted by atomic mass is 9.89. The van der Waals surface area contributed by atoms with Crippen LogP contribution < -0.4 is 0 Å². The Labute approximate surface area is 82.5 Å². The van der Waals surface area contributed by atoms with E-state index in [1.807, 2.05) is 0 Å². The van der Waals surface area contributed by atoms with Crippen molar-refractivity contribution in [3.8, 4) is 0 Å². The molecule has 0 saturated heterocycles. The smallest absolute Gasteiger partial charge is 0.00503 e. The molecule has 1 heteroatoms. The number of hydrogen-bond donors (Lipinski definition) is 1. The minimum atomic E-state index is 0.664. The monoisotopic (exact) mass is 186 g/mol. The van der Waals surface area contributed by atoms with Gasteiger partial charge in [-0.1, -0.05) is 27.7 Å². The highest BCUT2D eigenvalue weighted by Gasteiger charge is 2.34. The molecule has 1 aliphatic rings. The van der Waals surface area contributed by atoms with E-state index in [2.05, 4.69) is 40.3 Å². The summed E-state index contributed by atoms with van der Waals surface area (Å²) in [5.74, 6) is 3.46. The Balaban J connectivity index is 2.50. The third-order valence-electron chi connectivity index (χ3n) is 3.41. The SMILES string of the molecule is CC(C)C1CC(S)C(C(C)C)C1. The van der Waals surface area contributed by atoms with Gasteiger partial charge in [0.2, 0.25) is 0 Å². The van der Waals surface area contributed by atoms with Crippen molar-refractivity contribution in [2.45, 2.75) is 45.8 Å². The van der Waals surface area contributed by atoms with Crippen LogP contribution in [-0.4, -0.2) is 5.25 Å². The zero-order chi connectivity index (χ0) is 9.30. The summed E-state index contributed by atoms with van der Waals surface area (Å²) in [6.07, 6.45) is 2.74. The van der Waals surface area contributed by atoms with Gasteiger partial charge in [0.1, 0.15) is 0 Å². The van der Waals surface area contributed by atoms with Gasteiger partial charge >= 0.3 is 0 Å². The molecule has 1 rings (SSSR count). The first-order chi connectivity index (χ1) is 5.52. The van der Waals surface area contributed by atoms with E-state index in [-0.39, 0.29) is 0 Å². The molecule has 1 fully saturated rings. The lowest BCUT2D eigenvalue weighted by Crippen LogP contribution is -2.13. The Kier molecular flexibility index (Phi) is 3.51. The fraction of sp³-hybridized carbons (Fsp3) is 1.00. The molecule has 0 aromatic heterocycles. The lowest BCUT2D eigenvalue weighted by molar-refractivity contribution is 0.341. The summed E-state index contributed by atoms with van der Waals surface area (Å²) < 4.78 is 0. The molecule has 3 atom stereocenters. The molecule has 0 aromatic rings. The van der Waals surface area contributed by atoms with Gasteiger partial charge in [-0.2, -0.15) is 12.6 Å². The topological polar surface area (TPSA) is 0 Å². The third-order valence-corrected chi connectivity index (χ3v) is 4.01. The Hall–Kier alpha value is 0.350. The van der Waals surface area contributed by atoms with Gasteiger partial charge in [0.15, 0.2) is 0 Å². The van der Waals surface area contributed by atoms with E-state index in [4.69, 9.17) is 0 Å². The molecule has 12 heavy (non-hydrogen) atoms. The number of thiol groups is 1. The van der Waals surface area contributed by atoms with E-state index in [0.29, 0.717) is 5.25 Å². The van der Waals surface area contributed by atoms with Crippen molar-refractivity contribution >= 4 is 12.6 Å². The highest BCUT2D eigenvalue weighted by Crippen LogP contribution is 2.42. The van der Waals surface area contributed by atoms with Crippen molar-refractivity contribution in [3.63, 3.8) is 0 Å². The third kappa shape index (κ3) is 2.18. The van der Waals surface area contributed by atoms with Crippen LogP contribution in [0.2, 0.25) is 0 Å². The molecule has 0 aromatic carbocycles. The summed E-state index contributed by atoms with van der Waals surface area (Å²) in [4.78, 5) is 0. The summed E-state index contributed by atoms with van der Waals surface area (Å²) in [5.41, 5.74) is 0. The van der Waals surface area contributed by atoms with Gasteiger partial charge in [-0.05, 0) is 36.5 Å². The normalized spacial score (nSPS) is 36.8.